The number of aromatic carboxylic acids is 1. The number of nitrogens with one attached hydrogen (secondary N) is 1. The molecular weight excluding hydrogens is 304 g/mol. The van der Waals surface area contributed by atoms with Crippen LogP contribution in [0.1, 0.15) is 34.8 Å². The minimum Gasteiger partial charge on any atom is -0.477 e. The summed E-state index contributed by atoms with van der Waals surface area (Å²) in [4.78, 5) is 25.3. The lowest BCUT2D eigenvalue weighted by Gasteiger charge is -2.32. The number of hydrogen-bond acceptors (Lipinski definition) is 4. The molecule has 3 aromatic rings. The molecule has 0 spiro atoms. The van der Waals surface area contributed by atoms with Crippen LogP contribution in [0.5, 0.6) is 0 Å². The third kappa shape index (κ3) is 2.60. The number of carboxylic acid groups (broad SMARTS) is 1. The smallest absolute Gasteiger partial charge is 0.354 e. The number of rotatable bonds is 3. The third-order valence-electron chi connectivity index (χ3n) is 4.68. The molecule has 122 valence electrons. The van der Waals surface area contributed by atoms with Crippen LogP contribution in [0.25, 0.3) is 11.0 Å². The second-order valence-electron chi connectivity index (χ2n) is 6.09. The van der Waals surface area contributed by atoms with E-state index in [1.807, 2.05) is 24.4 Å². The molecule has 3 aromatic heterocycles. The Morgan fingerprint density at radius 1 is 1.21 bits per heavy atom. The van der Waals surface area contributed by atoms with Gasteiger partial charge in [0.15, 0.2) is 5.69 Å². The number of pyridine rings is 2. The average Bonchev–Trinajstić information content (AvgIpc) is 3.06. The summed E-state index contributed by atoms with van der Waals surface area (Å²) in [5, 5.41) is 9.08. The molecule has 1 aliphatic rings. The Morgan fingerprint density at radius 2 is 2.04 bits per heavy atom. The van der Waals surface area contributed by atoms with E-state index in [0.717, 1.165) is 42.8 Å². The summed E-state index contributed by atoms with van der Waals surface area (Å²) in [5.41, 5.74) is 3.50. The second-order valence-corrected chi connectivity index (χ2v) is 6.09. The highest BCUT2D eigenvalue weighted by Crippen LogP contribution is 2.33. The van der Waals surface area contributed by atoms with Gasteiger partial charge in [-0.3, -0.25) is 4.98 Å². The monoisotopic (exact) mass is 322 g/mol. The molecule has 2 N–H and O–H groups in total. The molecule has 0 amide bonds. The molecule has 4 rings (SSSR count). The Labute approximate surface area is 139 Å². The minimum atomic E-state index is -0.989. The van der Waals surface area contributed by atoms with Crippen molar-refractivity contribution in [3.05, 3.63) is 54.0 Å². The zero-order valence-electron chi connectivity index (χ0n) is 13.1. The molecular formula is C18H18N4O2. The molecule has 0 unspecified atom stereocenters. The fourth-order valence-corrected chi connectivity index (χ4v) is 3.42. The SMILES string of the molecule is O=C(O)c1cccc(N2CCC(c3c[nH]c4cccnc34)CC2)n1. The number of hydrogen-bond donors (Lipinski definition) is 2. The third-order valence-corrected chi connectivity index (χ3v) is 4.68. The molecule has 4 heterocycles. The van der Waals surface area contributed by atoms with Crippen LogP contribution in [-0.4, -0.2) is 39.1 Å². The van der Waals surface area contributed by atoms with Crippen LogP contribution in [0.4, 0.5) is 5.82 Å². The quantitative estimate of drug-likeness (QED) is 0.774. The Morgan fingerprint density at radius 3 is 2.83 bits per heavy atom. The first-order valence-corrected chi connectivity index (χ1v) is 8.09. The second kappa shape index (κ2) is 5.96. The number of carboxylic acids is 1. The maximum Gasteiger partial charge on any atom is 0.354 e. The number of H-pyrrole nitrogens is 1. The zero-order chi connectivity index (χ0) is 16.5. The normalized spacial score (nSPS) is 15.8. The summed E-state index contributed by atoms with van der Waals surface area (Å²) < 4.78 is 0. The van der Waals surface area contributed by atoms with Crippen LogP contribution in [0.2, 0.25) is 0 Å². The largest absolute Gasteiger partial charge is 0.477 e. The first kappa shape index (κ1) is 14.7. The molecule has 1 aliphatic heterocycles. The number of anilines is 1. The minimum absolute atomic E-state index is 0.0930. The lowest BCUT2D eigenvalue weighted by Crippen LogP contribution is -2.33. The number of piperidine rings is 1. The van der Waals surface area contributed by atoms with Crippen molar-refractivity contribution in [3.63, 3.8) is 0 Å². The van der Waals surface area contributed by atoms with Gasteiger partial charge in [-0.2, -0.15) is 0 Å². The Hall–Kier alpha value is -2.89. The van der Waals surface area contributed by atoms with Crippen molar-refractivity contribution < 1.29 is 9.90 Å². The van der Waals surface area contributed by atoms with Gasteiger partial charge in [-0.25, -0.2) is 9.78 Å². The fraction of sp³-hybridized carbons (Fsp3) is 0.278. The average molecular weight is 322 g/mol. The van der Waals surface area contributed by atoms with E-state index in [1.54, 1.807) is 6.07 Å². The van der Waals surface area contributed by atoms with Gasteiger partial charge in [0.05, 0.1) is 11.0 Å². The molecule has 0 bridgehead atoms. The van der Waals surface area contributed by atoms with Crippen molar-refractivity contribution in [3.8, 4) is 0 Å². The van der Waals surface area contributed by atoms with Crippen LogP contribution >= 0.6 is 0 Å². The molecule has 0 saturated carbocycles. The summed E-state index contributed by atoms with van der Waals surface area (Å²) in [6, 6.07) is 9.13. The number of carbonyl (C=O) groups is 1. The van der Waals surface area contributed by atoms with Gasteiger partial charge >= 0.3 is 5.97 Å². The topological polar surface area (TPSA) is 82.1 Å². The highest BCUT2D eigenvalue weighted by Gasteiger charge is 2.24. The van der Waals surface area contributed by atoms with Gasteiger partial charge in [0.2, 0.25) is 0 Å². The first-order chi connectivity index (χ1) is 11.7. The molecule has 24 heavy (non-hydrogen) atoms. The molecule has 0 radical (unpaired) electrons. The number of aromatic nitrogens is 3. The highest BCUT2D eigenvalue weighted by atomic mass is 16.4. The van der Waals surface area contributed by atoms with Crippen LogP contribution in [0.15, 0.2) is 42.7 Å². The van der Waals surface area contributed by atoms with Gasteiger partial charge in [0.1, 0.15) is 5.82 Å². The lowest BCUT2D eigenvalue weighted by molar-refractivity contribution is 0.0690. The molecule has 6 heteroatoms. The Kier molecular flexibility index (Phi) is 3.65. The fourth-order valence-electron chi connectivity index (χ4n) is 3.42. The molecule has 0 aromatic carbocycles. The predicted octanol–water partition coefficient (Wildman–Crippen LogP) is 3.04. The van der Waals surface area contributed by atoms with Gasteiger partial charge < -0.3 is 15.0 Å². The van der Waals surface area contributed by atoms with E-state index in [4.69, 9.17) is 5.11 Å². The number of nitrogens with zero attached hydrogens (tertiary/aromatic N) is 3. The van der Waals surface area contributed by atoms with Crippen LogP contribution in [-0.2, 0) is 0 Å². The molecule has 1 saturated heterocycles. The van der Waals surface area contributed by atoms with Gasteiger partial charge in [-0.1, -0.05) is 6.07 Å². The Bertz CT molecular complexity index is 881. The summed E-state index contributed by atoms with van der Waals surface area (Å²) in [5.74, 6) is 0.217. The van der Waals surface area contributed by atoms with E-state index in [-0.39, 0.29) is 5.69 Å². The van der Waals surface area contributed by atoms with Gasteiger partial charge in [0, 0.05) is 25.5 Å². The van der Waals surface area contributed by atoms with Gasteiger partial charge in [0.25, 0.3) is 0 Å². The Balaban J connectivity index is 1.51. The predicted molar refractivity (Wildman–Crippen MR) is 91.5 cm³/mol. The summed E-state index contributed by atoms with van der Waals surface area (Å²) in [6.45, 7) is 1.72. The zero-order valence-corrected chi connectivity index (χ0v) is 13.1. The van der Waals surface area contributed by atoms with E-state index >= 15 is 0 Å². The first-order valence-electron chi connectivity index (χ1n) is 8.09. The molecule has 0 aliphatic carbocycles. The van der Waals surface area contributed by atoms with Crippen molar-refractivity contribution in [2.45, 2.75) is 18.8 Å². The van der Waals surface area contributed by atoms with Crippen molar-refractivity contribution in [1.29, 1.82) is 0 Å². The van der Waals surface area contributed by atoms with E-state index in [0.29, 0.717) is 5.92 Å². The van der Waals surface area contributed by atoms with E-state index in [2.05, 4.69) is 26.0 Å². The van der Waals surface area contributed by atoms with E-state index in [1.165, 1.54) is 11.6 Å². The summed E-state index contributed by atoms with van der Waals surface area (Å²) >= 11 is 0. The standard InChI is InChI=1S/C18H18N4O2/c23-18(24)15-3-1-5-16(21-15)22-9-6-12(7-10-22)13-11-20-14-4-2-8-19-17(13)14/h1-5,8,11-12,20H,6-7,9-10H2,(H,23,24). The number of fused-ring (bicyclic) bond motifs is 1. The van der Waals surface area contributed by atoms with Crippen LogP contribution in [0, 0.1) is 0 Å². The van der Waals surface area contributed by atoms with Crippen molar-refractivity contribution >= 4 is 22.8 Å². The van der Waals surface area contributed by atoms with Crippen LogP contribution in [0.3, 0.4) is 0 Å². The lowest BCUT2D eigenvalue weighted by atomic mass is 9.90. The molecule has 1 fully saturated rings. The maximum absolute atomic E-state index is 11.1. The summed E-state index contributed by atoms with van der Waals surface area (Å²) in [6.07, 6.45) is 5.91. The number of aromatic amines is 1. The van der Waals surface area contributed by atoms with Crippen molar-refractivity contribution in [2.75, 3.05) is 18.0 Å². The summed E-state index contributed by atoms with van der Waals surface area (Å²) in [7, 11) is 0. The van der Waals surface area contributed by atoms with Crippen molar-refractivity contribution in [1.82, 2.24) is 15.0 Å². The molecule has 6 nitrogen and oxygen atoms in total. The van der Waals surface area contributed by atoms with Crippen LogP contribution < -0.4 is 4.90 Å². The van der Waals surface area contributed by atoms with Gasteiger partial charge in [-0.05, 0) is 48.6 Å². The van der Waals surface area contributed by atoms with Gasteiger partial charge in [-0.15, -0.1) is 0 Å². The highest BCUT2D eigenvalue weighted by molar-refractivity contribution is 5.85. The van der Waals surface area contributed by atoms with E-state index in [9.17, 15) is 4.79 Å². The maximum atomic E-state index is 11.1. The van der Waals surface area contributed by atoms with Crippen molar-refractivity contribution in [2.24, 2.45) is 0 Å². The van der Waals surface area contributed by atoms with E-state index < -0.39 is 5.97 Å². The molecule has 0 atom stereocenters.